The third kappa shape index (κ3) is 4.72. The van der Waals surface area contributed by atoms with Crippen molar-refractivity contribution in [2.75, 3.05) is 6.61 Å². The second-order valence-electron chi connectivity index (χ2n) is 6.01. The Morgan fingerprint density at radius 3 is 2.26 bits per heavy atom. The summed E-state index contributed by atoms with van der Waals surface area (Å²) in [5.41, 5.74) is 6.44. The number of unbranched alkanes of at least 4 members (excludes halogenated alkanes) is 1. The first-order chi connectivity index (χ1) is 11.2. The van der Waals surface area contributed by atoms with Gasteiger partial charge in [-0.3, -0.25) is 0 Å². The summed E-state index contributed by atoms with van der Waals surface area (Å²) < 4.78 is 5.66. The minimum Gasteiger partial charge on any atom is -0.494 e. The van der Waals surface area contributed by atoms with Gasteiger partial charge in [-0.05, 0) is 67.5 Å². The minimum absolute atomic E-state index is 0.708. The third-order valence-corrected chi connectivity index (χ3v) is 4.33. The van der Waals surface area contributed by atoms with Crippen LogP contribution in [-0.2, 0) is 6.42 Å². The van der Waals surface area contributed by atoms with Crippen molar-refractivity contribution < 1.29 is 4.74 Å². The van der Waals surface area contributed by atoms with Gasteiger partial charge in [0, 0.05) is 0 Å². The SMILES string of the molecule is CCCCc1ccc(C=Cc2ccc(OCC)c(C)c2C)cc1. The maximum Gasteiger partial charge on any atom is 0.122 e. The van der Waals surface area contributed by atoms with Crippen molar-refractivity contribution in [1.82, 2.24) is 0 Å². The van der Waals surface area contributed by atoms with E-state index in [0.717, 1.165) is 5.75 Å². The van der Waals surface area contributed by atoms with Crippen molar-refractivity contribution in [2.45, 2.75) is 47.0 Å². The molecule has 0 aliphatic rings. The fourth-order valence-electron chi connectivity index (χ4n) is 2.67. The van der Waals surface area contributed by atoms with Crippen LogP contribution in [0.2, 0.25) is 0 Å². The molecule has 0 N–H and O–H groups in total. The number of ether oxygens (including phenoxy) is 1. The first-order valence-electron chi connectivity index (χ1n) is 8.65. The topological polar surface area (TPSA) is 9.23 Å². The molecule has 0 amide bonds. The van der Waals surface area contributed by atoms with Crippen LogP contribution in [0.25, 0.3) is 12.2 Å². The Morgan fingerprint density at radius 1 is 0.870 bits per heavy atom. The average molecular weight is 308 g/mol. The summed E-state index contributed by atoms with van der Waals surface area (Å²) in [5.74, 6) is 0.988. The lowest BCUT2D eigenvalue weighted by Gasteiger charge is -2.11. The van der Waals surface area contributed by atoms with Gasteiger partial charge in [0.2, 0.25) is 0 Å². The zero-order chi connectivity index (χ0) is 16.7. The normalized spacial score (nSPS) is 11.1. The molecule has 0 aliphatic heterocycles. The maximum absolute atomic E-state index is 5.66. The lowest BCUT2D eigenvalue weighted by Crippen LogP contribution is -1.96. The van der Waals surface area contributed by atoms with E-state index >= 15 is 0 Å². The molecule has 1 nitrogen and oxygen atoms in total. The monoisotopic (exact) mass is 308 g/mol. The summed E-state index contributed by atoms with van der Waals surface area (Å²) in [6.07, 6.45) is 8.07. The van der Waals surface area contributed by atoms with Gasteiger partial charge in [0.25, 0.3) is 0 Å². The van der Waals surface area contributed by atoms with E-state index in [-0.39, 0.29) is 0 Å². The molecule has 0 radical (unpaired) electrons. The van der Waals surface area contributed by atoms with Gasteiger partial charge >= 0.3 is 0 Å². The average Bonchev–Trinajstić information content (AvgIpc) is 2.57. The molecule has 122 valence electrons. The summed E-state index contributed by atoms with van der Waals surface area (Å²) in [6, 6.07) is 13.1. The molecule has 0 heterocycles. The Hall–Kier alpha value is -2.02. The van der Waals surface area contributed by atoms with E-state index in [2.05, 4.69) is 69.3 Å². The minimum atomic E-state index is 0.708. The third-order valence-electron chi connectivity index (χ3n) is 4.33. The fourth-order valence-corrected chi connectivity index (χ4v) is 2.67. The van der Waals surface area contributed by atoms with Crippen molar-refractivity contribution in [3.63, 3.8) is 0 Å². The molecule has 2 aromatic rings. The molecule has 23 heavy (non-hydrogen) atoms. The molecule has 0 aromatic heterocycles. The second kappa shape index (κ2) is 8.57. The van der Waals surface area contributed by atoms with Crippen LogP contribution in [0.3, 0.4) is 0 Å². The van der Waals surface area contributed by atoms with Crippen LogP contribution in [0, 0.1) is 13.8 Å². The van der Waals surface area contributed by atoms with Gasteiger partial charge in [-0.2, -0.15) is 0 Å². The molecule has 0 fully saturated rings. The molecule has 0 spiro atoms. The molecule has 0 unspecified atom stereocenters. The summed E-state index contributed by atoms with van der Waals surface area (Å²) in [4.78, 5) is 0. The Kier molecular flexibility index (Phi) is 6.46. The molecule has 0 bridgehead atoms. The molecular weight excluding hydrogens is 280 g/mol. The number of hydrogen-bond acceptors (Lipinski definition) is 1. The summed E-state index contributed by atoms with van der Waals surface area (Å²) in [5, 5.41) is 0. The van der Waals surface area contributed by atoms with Crippen LogP contribution in [-0.4, -0.2) is 6.61 Å². The largest absolute Gasteiger partial charge is 0.494 e. The predicted octanol–water partition coefficient (Wildman–Crippen LogP) is 6.22. The van der Waals surface area contributed by atoms with Gasteiger partial charge in [0.15, 0.2) is 0 Å². The second-order valence-corrected chi connectivity index (χ2v) is 6.01. The summed E-state index contributed by atoms with van der Waals surface area (Å²) in [7, 11) is 0. The van der Waals surface area contributed by atoms with Crippen LogP contribution >= 0.6 is 0 Å². The quantitative estimate of drug-likeness (QED) is 0.552. The highest BCUT2D eigenvalue weighted by Crippen LogP contribution is 2.25. The Bertz CT molecular complexity index is 650. The van der Waals surface area contributed by atoms with Crippen molar-refractivity contribution >= 4 is 12.2 Å². The zero-order valence-corrected chi connectivity index (χ0v) is 14.9. The van der Waals surface area contributed by atoms with Gasteiger partial charge in [-0.25, -0.2) is 0 Å². The van der Waals surface area contributed by atoms with Gasteiger partial charge in [-0.15, -0.1) is 0 Å². The molecular formula is C22H28O. The van der Waals surface area contributed by atoms with Crippen molar-refractivity contribution in [3.05, 3.63) is 64.2 Å². The van der Waals surface area contributed by atoms with Crippen LogP contribution in [0.15, 0.2) is 36.4 Å². The van der Waals surface area contributed by atoms with Crippen LogP contribution in [0.1, 0.15) is 54.5 Å². The van der Waals surface area contributed by atoms with E-state index < -0.39 is 0 Å². The number of hydrogen-bond donors (Lipinski definition) is 0. The van der Waals surface area contributed by atoms with Crippen LogP contribution in [0.4, 0.5) is 0 Å². The van der Waals surface area contributed by atoms with E-state index in [1.54, 1.807) is 0 Å². The number of aryl methyl sites for hydroxylation is 1. The Balaban J connectivity index is 2.12. The van der Waals surface area contributed by atoms with Crippen molar-refractivity contribution in [3.8, 4) is 5.75 Å². The van der Waals surface area contributed by atoms with Gasteiger partial charge in [0.05, 0.1) is 6.61 Å². The molecule has 2 aromatic carbocycles. The van der Waals surface area contributed by atoms with Crippen LogP contribution in [0.5, 0.6) is 5.75 Å². The summed E-state index contributed by atoms with van der Waals surface area (Å²) >= 11 is 0. The molecule has 0 aliphatic carbocycles. The highest BCUT2D eigenvalue weighted by atomic mass is 16.5. The van der Waals surface area contributed by atoms with Gasteiger partial charge in [-0.1, -0.05) is 55.8 Å². The smallest absolute Gasteiger partial charge is 0.122 e. The Morgan fingerprint density at radius 2 is 1.61 bits per heavy atom. The van der Waals surface area contributed by atoms with E-state index in [9.17, 15) is 0 Å². The first-order valence-corrected chi connectivity index (χ1v) is 8.65. The molecule has 0 atom stereocenters. The van der Waals surface area contributed by atoms with Crippen molar-refractivity contribution in [1.29, 1.82) is 0 Å². The van der Waals surface area contributed by atoms with Crippen molar-refractivity contribution in [2.24, 2.45) is 0 Å². The standard InChI is InChI=1S/C22H28O/c1-5-7-8-19-9-11-20(12-10-19)13-14-21-15-16-22(23-6-2)18(4)17(21)3/h9-16H,5-8H2,1-4H3. The van der Waals surface area contributed by atoms with E-state index in [4.69, 9.17) is 4.74 Å². The highest BCUT2D eigenvalue weighted by molar-refractivity contribution is 5.72. The molecule has 2 rings (SSSR count). The number of rotatable bonds is 7. The fraction of sp³-hybridized carbons (Fsp3) is 0.364. The molecule has 1 heteroatoms. The van der Waals surface area contributed by atoms with E-state index in [1.165, 1.54) is 47.1 Å². The zero-order valence-electron chi connectivity index (χ0n) is 14.9. The lowest BCUT2D eigenvalue weighted by atomic mass is 10.0. The van der Waals surface area contributed by atoms with Crippen LogP contribution < -0.4 is 4.74 Å². The van der Waals surface area contributed by atoms with Gasteiger partial charge < -0.3 is 4.74 Å². The first kappa shape index (κ1) is 17.3. The molecule has 0 saturated carbocycles. The lowest BCUT2D eigenvalue weighted by molar-refractivity contribution is 0.337. The van der Waals surface area contributed by atoms with E-state index in [0.29, 0.717) is 6.61 Å². The maximum atomic E-state index is 5.66. The summed E-state index contributed by atoms with van der Waals surface area (Å²) in [6.45, 7) is 9.25. The highest BCUT2D eigenvalue weighted by Gasteiger charge is 2.05. The van der Waals surface area contributed by atoms with E-state index in [1.807, 2.05) is 6.92 Å². The Labute approximate surface area is 141 Å². The molecule has 0 saturated heterocycles. The predicted molar refractivity (Wildman–Crippen MR) is 101 cm³/mol. The number of benzene rings is 2. The van der Waals surface area contributed by atoms with Gasteiger partial charge in [0.1, 0.15) is 5.75 Å².